The number of benzene rings is 1. The standard InChI is InChI=1S/C14H17N3O3/c1-19-11-3-4-13(15)12(9-11)14(18)20-8-2-6-17-7-5-16-10-17/h3-5,7,9-10H,2,6,8,15H2,1H3. The largest absolute Gasteiger partial charge is 0.497 e. The molecule has 1 aromatic carbocycles. The van der Waals surface area contributed by atoms with Gasteiger partial charge in [-0.25, -0.2) is 9.78 Å². The lowest BCUT2D eigenvalue weighted by Gasteiger charge is -2.09. The zero-order valence-corrected chi connectivity index (χ0v) is 11.3. The van der Waals surface area contributed by atoms with Crippen LogP contribution in [0.5, 0.6) is 5.75 Å². The number of ether oxygens (including phenoxy) is 2. The lowest BCUT2D eigenvalue weighted by molar-refractivity contribution is 0.0497. The number of rotatable bonds is 6. The molecule has 0 radical (unpaired) electrons. The molecule has 0 amide bonds. The summed E-state index contributed by atoms with van der Waals surface area (Å²) in [5.74, 6) is 0.136. The number of esters is 1. The minimum absolute atomic E-state index is 0.326. The van der Waals surface area contributed by atoms with Gasteiger partial charge in [0.15, 0.2) is 0 Å². The summed E-state index contributed by atoms with van der Waals surface area (Å²) >= 11 is 0. The summed E-state index contributed by atoms with van der Waals surface area (Å²) in [5, 5.41) is 0. The summed E-state index contributed by atoms with van der Waals surface area (Å²) in [4.78, 5) is 15.9. The number of nitrogens with two attached hydrogens (primary N) is 1. The molecule has 0 fully saturated rings. The van der Waals surface area contributed by atoms with E-state index in [1.54, 1.807) is 30.7 Å². The van der Waals surface area contributed by atoms with Crippen molar-refractivity contribution in [2.75, 3.05) is 19.5 Å². The van der Waals surface area contributed by atoms with Gasteiger partial charge < -0.3 is 19.8 Å². The lowest BCUT2D eigenvalue weighted by Crippen LogP contribution is -2.10. The maximum atomic E-state index is 11.9. The Labute approximate surface area is 117 Å². The van der Waals surface area contributed by atoms with Crippen LogP contribution in [0.2, 0.25) is 0 Å². The number of nitrogen functional groups attached to an aromatic ring is 1. The fourth-order valence-corrected chi connectivity index (χ4v) is 1.75. The van der Waals surface area contributed by atoms with Gasteiger partial charge in [0.2, 0.25) is 0 Å². The zero-order valence-electron chi connectivity index (χ0n) is 11.3. The van der Waals surface area contributed by atoms with Crippen LogP contribution in [0.25, 0.3) is 0 Å². The van der Waals surface area contributed by atoms with Gasteiger partial charge >= 0.3 is 5.97 Å². The highest BCUT2D eigenvalue weighted by molar-refractivity contribution is 5.95. The van der Waals surface area contributed by atoms with Gasteiger partial charge in [-0.2, -0.15) is 0 Å². The third-order valence-corrected chi connectivity index (χ3v) is 2.83. The molecule has 0 saturated carbocycles. The number of hydrogen-bond acceptors (Lipinski definition) is 5. The van der Waals surface area contributed by atoms with Gasteiger partial charge in [0, 0.05) is 24.6 Å². The number of aryl methyl sites for hydroxylation is 1. The van der Waals surface area contributed by atoms with Crippen LogP contribution in [0.15, 0.2) is 36.9 Å². The Balaban J connectivity index is 1.85. The topological polar surface area (TPSA) is 79.4 Å². The third kappa shape index (κ3) is 3.50. The normalized spacial score (nSPS) is 10.2. The van der Waals surface area contributed by atoms with Crippen LogP contribution in [0.1, 0.15) is 16.8 Å². The predicted octanol–water partition coefficient (Wildman–Crippen LogP) is 1.72. The van der Waals surface area contributed by atoms with Crippen molar-refractivity contribution in [1.82, 2.24) is 9.55 Å². The van der Waals surface area contributed by atoms with E-state index in [1.165, 1.54) is 7.11 Å². The van der Waals surface area contributed by atoms with Crippen LogP contribution in [-0.2, 0) is 11.3 Å². The molecule has 0 aliphatic rings. The average Bonchev–Trinajstić information content (AvgIpc) is 2.97. The molecule has 1 heterocycles. The third-order valence-electron chi connectivity index (χ3n) is 2.83. The molecule has 0 unspecified atom stereocenters. The van der Waals surface area contributed by atoms with Crippen LogP contribution < -0.4 is 10.5 Å². The minimum Gasteiger partial charge on any atom is -0.497 e. The van der Waals surface area contributed by atoms with Gasteiger partial charge in [-0.05, 0) is 24.6 Å². The first-order valence-electron chi connectivity index (χ1n) is 6.27. The first-order chi connectivity index (χ1) is 9.70. The number of imidazole rings is 1. The van der Waals surface area contributed by atoms with E-state index < -0.39 is 5.97 Å². The van der Waals surface area contributed by atoms with Gasteiger partial charge in [0.05, 0.1) is 25.6 Å². The van der Waals surface area contributed by atoms with E-state index in [0.717, 1.165) is 6.54 Å². The molecule has 0 saturated heterocycles. The highest BCUT2D eigenvalue weighted by atomic mass is 16.5. The molecule has 2 rings (SSSR count). The molecule has 2 N–H and O–H groups in total. The van der Waals surface area contributed by atoms with Crippen molar-refractivity contribution >= 4 is 11.7 Å². The predicted molar refractivity (Wildman–Crippen MR) is 74.5 cm³/mol. The molecule has 6 heteroatoms. The summed E-state index contributed by atoms with van der Waals surface area (Å²) in [6, 6.07) is 4.90. The molecular formula is C14H17N3O3. The van der Waals surface area contributed by atoms with Crippen LogP contribution in [0, 0.1) is 0 Å². The summed E-state index contributed by atoms with van der Waals surface area (Å²) in [6.07, 6.45) is 6.01. The maximum absolute atomic E-state index is 11.9. The lowest BCUT2D eigenvalue weighted by atomic mass is 10.2. The highest BCUT2D eigenvalue weighted by Gasteiger charge is 2.12. The number of anilines is 1. The van der Waals surface area contributed by atoms with Crippen molar-refractivity contribution in [2.24, 2.45) is 0 Å². The van der Waals surface area contributed by atoms with Crippen molar-refractivity contribution in [3.05, 3.63) is 42.5 Å². The monoisotopic (exact) mass is 275 g/mol. The van der Waals surface area contributed by atoms with Gasteiger partial charge in [-0.3, -0.25) is 0 Å². The Morgan fingerprint density at radius 3 is 3.00 bits per heavy atom. The zero-order chi connectivity index (χ0) is 14.4. The van der Waals surface area contributed by atoms with Crippen molar-refractivity contribution < 1.29 is 14.3 Å². The number of nitrogens with zero attached hydrogens (tertiary/aromatic N) is 2. The Hall–Kier alpha value is -2.50. The second-order valence-electron chi connectivity index (χ2n) is 4.24. The average molecular weight is 275 g/mol. The number of aromatic nitrogens is 2. The summed E-state index contributed by atoms with van der Waals surface area (Å²) in [5.41, 5.74) is 6.46. The fraction of sp³-hybridized carbons (Fsp3) is 0.286. The Morgan fingerprint density at radius 1 is 1.45 bits per heavy atom. The molecule has 0 aliphatic carbocycles. The van der Waals surface area contributed by atoms with Crippen LogP contribution in [0.3, 0.4) is 0 Å². The molecule has 106 valence electrons. The number of carbonyl (C=O) groups excluding carboxylic acids is 1. The molecule has 0 aliphatic heterocycles. The molecule has 6 nitrogen and oxygen atoms in total. The van der Waals surface area contributed by atoms with Crippen molar-refractivity contribution in [3.8, 4) is 5.75 Å². The first kappa shape index (κ1) is 13.9. The fourth-order valence-electron chi connectivity index (χ4n) is 1.75. The van der Waals surface area contributed by atoms with E-state index in [4.69, 9.17) is 15.2 Å². The van der Waals surface area contributed by atoms with Gasteiger partial charge in [0.1, 0.15) is 5.75 Å². The van der Waals surface area contributed by atoms with E-state index in [2.05, 4.69) is 4.98 Å². The number of hydrogen-bond donors (Lipinski definition) is 1. The van der Waals surface area contributed by atoms with Crippen molar-refractivity contribution in [2.45, 2.75) is 13.0 Å². The van der Waals surface area contributed by atoms with Crippen molar-refractivity contribution in [3.63, 3.8) is 0 Å². The summed E-state index contributed by atoms with van der Waals surface area (Å²) in [6.45, 7) is 1.08. The van der Waals surface area contributed by atoms with E-state index in [1.807, 2.05) is 10.8 Å². The van der Waals surface area contributed by atoms with Gasteiger partial charge in [-0.15, -0.1) is 0 Å². The smallest absolute Gasteiger partial charge is 0.340 e. The summed E-state index contributed by atoms with van der Waals surface area (Å²) < 4.78 is 12.2. The molecule has 0 spiro atoms. The Bertz CT molecular complexity index is 567. The highest BCUT2D eigenvalue weighted by Crippen LogP contribution is 2.20. The SMILES string of the molecule is COc1ccc(N)c(C(=O)OCCCn2ccnc2)c1. The first-order valence-corrected chi connectivity index (χ1v) is 6.27. The number of carbonyl (C=O) groups is 1. The Kier molecular flexibility index (Phi) is 4.60. The molecule has 1 aromatic heterocycles. The quantitative estimate of drug-likeness (QED) is 0.493. The maximum Gasteiger partial charge on any atom is 0.340 e. The molecule has 0 atom stereocenters. The molecular weight excluding hydrogens is 258 g/mol. The van der Waals surface area contributed by atoms with Crippen molar-refractivity contribution in [1.29, 1.82) is 0 Å². The molecule has 2 aromatic rings. The molecule has 20 heavy (non-hydrogen) atoms. The van der Waals surface area contributed by atoms with Gasteiger partial charge in [-0.1, -0.05) is 0 Å². The Morgan fingerprint density at radius 2 is 2.30 bits per heavy atom. The summed E-state index contributed by atoms with van der Waals surface area (Å²) in [7, 11) is 1.53. The minimum atomic E-state index is -0.438. The van der Waals surface area contributed by atoms with E-state index in [9.17, 15) is 4.79 Å². The van der Waals surface area contributed by atoms with E-state index in [0.29, 0.717) is 30.0 Å². The van der Waals surface area contributed by atoms with Crippen LogP contribution >= 0.6 is 0 Å². The van der Waals surface area contributed by atoms with Crippen LogP contribution in [0.4, 0.5) is 5.69 Å². The van der Waals surface area contributed by atoms with Gasteiger partial charge in [0.25, 0.3) is 0 Å². The van der Waals surface area contributed by atoms with Crippen LogP contribution in [-0.4, -0.2) is 29.2 Å². The second-order valence-corrected chi connectivity index (χ2v) is 4.24. The van der Waals surface area contributed by atoms with E-state index >= 15 is 0 Å². The number of methoxy groups -OCH3 is 1. The van der Waals surface area contributed by atoms with E-state index in [-0.39, 0.29) is 0 Å². The second kappa shape index (κ2) is 6.60. The molecule has 0 bridgehead atoms.